The third-order valence-corrected chi connectivity index (χ3v) is 4.31. The van der Waals surface area contributed by atoms with Crippen LogP contribution in [-0.2, 0) is 0 Å². The summed E-state index contributed by atoms with van der Waals surface area (Å²) in [7, 11) is 0. The van der Waals surface area contributed by atoms with E-state index in [9.17, 15) is 4.79 Å². The van der Waals surface area contributed by atoms with E-state index in [4.69, 9.17) is 11.6 Å². The summed E-state index contributed by atoms with van der Waals surface area (Å²) in [5.41, 5.74) is 0.595. The highest BCUT2D eigenvalue weighted by Gasteiger charge is 2.14. The number of rotatable bonds is 5. The lowest BCUT2D eigenvalue weighted by atomic mass is 10.2. The van der Waals surface area contributed by atoms with Gasteiger partial charge in [-0.1, -0.05) is 30.3 Å². The number of aromatic nitrogens is 1. The van der Waals surface area contributed by atoms with Crippen LogP contribution < -0.4 is 5.32 Å². The summed E-state index contributed by atoms with van der Waals surface area (Å²) in [6.45, 7) is 4.03. The second kappa shape index (κ2) is 7.48. The number of halogens is 1. The highest BCUT2D eigenvalue weighted by Crippen LogP contribution is 2.29. The van der Waals surface area contributed by atoms with Crippen LogP contribution in [0.3, 0.4) is 0 Å². The van der Waals surface area contributed by atoms with Gasteiger partial charge < -0.3 is 5.32 Å². The lowest BCUT2D eigenvalue weighted by Crippen LogP contribution is -2.32. The van der Waals surface area contributed by atoms with E-state index in [0.717, 1.165) is 11.3 Å². The van der Waals surface area contributed by atoms with Crippen molar-refractivity contribution in [2.24, 2.45) is 0 Å². The van der Waals surface area contributed by atoms with Crippen molar-refractivity contribution in [3.63, 3.8) is 0 Å². The van der Waals surface area contributed by atoms with Gasteiger partial charge >= 0.3 is 0 Å². The molecule has 0 saturated carbocycles. The summed E-state index contributed by atoms with van der Waals surface area (Å²) < 4.78 is 0. The minimum atomic E-state index is -0.0890. The average Bonchev–Trinajstić information content (AvgIpc) is 2.50. The van der Waals surface area contributed by atoms with Crippen molar-refractivity contribution in [1.82, 2.24) is 10.3 Å². The first-order valence-electron chi connectivity index (χ1n) is 6.79. The van der Waals surface area contributed by atoms with E-state index in [0.29, 0.717) is 15.6 Å². The molecule has 0 aliphatic rings. The number of pyridine rings is 1. The molecule has 1 N–H and O–H groups in total. The van der Waals surface area contributed by atoms with Crippen LogP contribution in [-0.4, -0.2) is 16.9 Å². The van der Waals surface area contributed by atoms with E-state index in [1.165, 1.54) is 11.8 Å². The van der Waals surface area contributed by atoms with E-state index >= 15 is 0 Å². The Hall–Kier alpha value is -1.52. The fraction of sp³-hybridized carbons (Fsp3) is 0.250. The molecule has 1 atom stereocenters. The number of hydrogen-bond donors (Lipinski definition) is 1. The Morgan fingerprint density at radius 1 is 1.33 bits per heavy atom. The maximum absolute atomic E-state index is 12.3. The monoisotopic (exact) mass is 320 g/mol. The molecule has 0 saturated heterocycles. The molecule has 1 heterocycles. The summed E-state index contributed by atoms with van der Waals surface area (Å²) in [5, 5.41) is 4.35. The number of benzene rings is 1. The molecule has 3 nitrogen and oxygen atoms in total. The zero-order chi connectivity index (χ0) is 15.2. The Morgan fingerprint density at radius 2 is 2.05 bits per heavy atom. The third-order valence-electron chi connectivity index (χ3n) is 3.03. The SMILES string of the molecule is CC[C@@H](C)NC(=O)c1cccnc1Sc1ccc(Cl)cc1. The number of amides is 1. The smallest absolute Gasteiger partial charge is 0.254 e. The van der Waals surface area contributed by atoms with Crippen LogP contribution in [0, 0.1) is 0 Å². The molecule has 0 fully saturated rings. The Morgan fingerprint density at radius 3 is 2.71 bits per heavy atom. The zero-order valence-electron chi connectivity index (χ0n) is 12.0. The Bertz CT molecular complexity index is 616. The summed E-state index contributed by atoms with van der Waals surface area (Å²) in [4.78, 5) is 17.6. The Labute approximate surface area is 134 Å². The van der Waals surface area contributed by atoms with Gasteiger partial charge in [0, 0.05) is 22.2 Å². The molecule has 0 unspecified atom stereocenters. The molecule has 0 bridgehead atoms. The van der Waals surface area contributed by atoms with Crippen LogP contribution in [0.4, 0.5) is 0 Å². The molecule has 1 aromatic carbocycles. The minimum absolute atomic E-state index is 0.0890. The molecule has 0 radical (unpaired) electrons. The van der Waals surface area contributed by atoms with Gasteiger partial charge in [-0.05, 0) is 49.7 Å². The normalized spacial score (nSPS) is 12.0. The van der Waals surface area contributed by atoms with Gasteiger partial charge in [-0.3, -0.25) is 4.79 Å². The fourth-order valence-electron chi connectivity index (χ4n) is 1.66. The highest BCUT2D eigenvalue weighted by atomic mass is 35.5. The van der Waals surface area contributed by atoms with Crippen LogP contribution in [0.15, 0.2) is 52.5 Å². The molecule has 21 heavy (non-hydrogen) atoms. The van der Waals surface area contributed by atoms with Gasteiger partial charge in [-0.25, -0.2) is 4.98 Å². The lowest BCUT2D eigenvalue weighted by Gasteiger charge is -2.13. The molecule has 0 aliphatic carbocycles. The van der Waals surface area contributed by atoms with Crippen LogP contribution >= 0.6 is 23.4 Å². The Kier molecular flexibility index (Phi) is 5.65. The molecular formula is C16H17ClN2OS. The van der Waals surface area contributed by atoms with Crippen LogP contribution in [0.25, 0.3) is 0 Å². The molecule has 1 amide bonds. The molecule has 2 aromatic rings. The number of carbonyl (C=O) groups is 1. The first kappa shape index (κ1) is 15.9. The Balaban J connectivity index is 2.20. The number of carbonyl (C=O) groups excluding carboxylic acids is 1. The van der Waals surface area contributed by atoms with Crippen molar-refractivity contribution in [2.45, 2.75) is 36.2 Å². The van der Waals surface area contributed by atoms with Gasteiger partial charge in [0.1, 0.15) is 5.03 Å². The molecule has 110 valence electrons. The number of nitrogens with zero attached hydrogens (tertiary/aromatic N) is 1. The predicted octanol–water partition coefficient (Wildman–Crippen LogP) is 4.41. The summed E-state index contributed by atoms with van der Waals surface area (Å²) in [6, 6.07) is 11.2. The van der Waals surface area contributed by atoms with Gasteiger partial charge in [0.15, 0.2) is 0 Å². The van der Waals surface area contributed by atoms with E-state index < -0.39 is 0 Å². The maximum Gasteiger partial charge on any atom is 0.254 e. The molecule has 1 aromatic heterocycles. The topological polar surface area (TPSA) is 42.0 Å². The number of hydrogen-bond acceptors (Lipinski definition) is 3. The van der Waals surface area contributed by atoms with Crippen molar-refractivity contribution >= 4 is 29.3 Å². The van der Waals surface area contributed by atoms with Crippen molar-refractivity contribution in [3.05, 3.63) is 53.2 Å². The summed E-state index contributed by atoms with van der Waals surface area (Å²) >= 11 is 7.34. The molecular weight excluding hydrogens is 304 g/mol. The van der Waals surface area contributed by atoms with Crippen LogP contribution in [0.5, 0.6) is 0 Å². The lowest BCUT2D eigenvalue weighted by molar-refractivity contribution is 0.0935. The average molecular weight is 321 g/mol. The quantitative estimate of drug-likeness (QED) is 0.887. The van der Waals surface area contributed by atoms with Crippen molar-refractivity contribution in [1.29, 1.82) is 0 Å². The predicted molar refractivity (Wildman–Crippen MR) is 87.0 cm³/mol. The van der Waals surface area contributed by atoms with E-state index in [2.05, 4.69) is 10.3 Å². The highest BCUT2D eigenvalue weighted by molar-refractivity contribution is 7.99. The standard InChI is InChI=1S/C16H17ClN2OS/c1-3-11(2)19-15(20)14-5-4-10-18-16(14)21-13-8-6-12(17)7-9-13/h4-11H,3H2,1-2H3,(H,19,20)/t11-/m1/s1. The van der Waals surface area contributed by atoms with E-state index in [-0.39, 0.29) is 11.9 Å². The first-order valence-corrected chi connectivity index (χ1v) is 7.99. The second-order valence-corrected chi connectivity index (χ2v) is 6.19. The van der Waals surface area contributed by atoms with Crippen molar-refractivity contribution in [3.8, 4) is 0 Å². The number of nitrogens with one attached hydrogen (secondary N) is 1. The first-order chi connectivity index (χ1) is 10.1. The van der Waals surface area contributed by atoms with Gasteiger partial charge in [0.25, 0.3) is 5.91 Å². The zero-order valence-corrected chi connectivity index (χ0v) is 13.5. The maximum atomic E-state index is 12.3. The minimum Gasteiger partial charge on any atom is -0.350 e. The summed E-state index contributed by atoms with van der Waals surface area (Å²) in [6.07, 6.45) is 2.59. The van der Waals surface area contributed by atoms with Gasteiger partial charge in [0.05, 0.1) is 5.56 Å². The summed E-state index contributed by atoms with van der Waals surface area (Å²) in [5.74, 6) is -0.0890. The fourth-order valence-corrected chi connectivity index (χ4v) is 2.67. The molecule has 0 aliphatic heterocycles. The molecule has 2 rings (SSSR count). The van der Waals surface area contributed by atoms with Crippen molar-refractivity contribution in [2.75, 3.05) is 0 Å². The third kappa shape index (κ3) is 4.48. The van der Waals surface area contributed by atoms with E-state index in [1.54, 1.807) is 18.3 Å². The van der Waals surface area contributed by atoms with Crippen LogP contribution in [0.1, 0.15) is 30.6 Å². The van der Waals surface area contributed by atoms with Crippen LogP contribution in [0.2, 0.25) is 5.02 Å². The largest absolute Gasteiger partial charge is 0.350 e. The van der Waals surface area contributed by atoms with Gasteiger partial charge in [-0.2, -0.15) is 0 Å². The second-order valence-electron chi connectivity index (χ2n) is 4.69. The molecule has 0 spiro atoms. The van der Waals surface area contributed by atoms with E-state index in [1.807, 2.05) is 38.1 Å². The van der Waals surface area contributed by atoms with Crippen molar-refractivity contribution < 1.29 is 4.79 Å². The van der Waals surface area contributed by atoms with Gasteiger partial charge in [-0.15, -0.1) is 0 Å². The molecule has 5 heteroatoms. The van der Waals surface area contributed by atoms with Gasteiger partial charge in [0.2, 0.25) is 0 Å².